The number of thiophene rings is 1. The number of anilines is 2. The Labute approximate surface area is 209 Å². The number of nitrogens with one attached hydrogen (secondary N) is 2. The molecule has 36 heavy (non-hydrogen) atoms. The van der Waals surface area contributed by atoms with Gasteiger partial charge in [-0.2, -0.15) is 5.10 Å². The second kappa shape index (κ2) is 10.1. The Bertz CT molecular complexity index is 1430. The summed E-state index contributed by atoms with van der Waals surface area (Å²) in [6, 6.07) is 11.0. The number of morpholine rings is 1. The van der Waals surface area contributed by atoms with Crippen molar-refractivity contribution in [3.05, 3.63) is 53.4 Å². The zero-order valence-electron chi connectivity index (χ0n) is 18.9. The highest BCUT2D eigenvalue weighted by Gasteiger charge is 2.19. The van der Waals surface area contributed by atoms with Gasteiger partial charge in [0.2, 0.25) is 5.75 Å². The molecule has 0 unspecified atom stereocenters. The van der Waals surface area contributed by atoms with Crippen LogP contribution in [0.2, 0.25) is 0 Å². The normalized spacial score (nSPS) is 13.8. The predicted molar refractivity (Wildman–Crippen MR) is 137 cm³/mol. The maximum absolute atomic E-state index is 12.2. The van der Waals surface area contributed by atoms with E-state index in [1.54, 1.807) is 23.5 Å². The fourth-order valence-corrected chi connectivity index (χ4v) is 4.53. The molecule has 5 N–H and O–H groups in total. The van der Waals surface area contributed by atoms with Gasteiger partial charge in [-0.05, 0) is 47.8 Å². The molecule has 1 saturated heterocycles. The highest BCUT2D eigenvalue weighted by molar-refractivity contribution is 7.17. The lowest BCUT2D eigenvalue weighted by molar-refractivity contribution is 0.122. The van der Waals surface area contributed by atoms with Gasteiger partial charge in [0.05, 0.1) is 29.6 Å². The zero-order valence-corrected chi connectivity index (χ0v) is 19.7. The van der Waals surface area contributed by atoms with E-state index in [0.717, 1.165) is 40.9 Å². The molecular weight excluding hydrogens is 484 g/mol. The number of phenols is 3. The van der Waals surface area contributed by atoms with Crippen LogP contribution in [0.5, 0.6) is 17.2 Å². The minimum absolute atomic E-state index is 0.119. The van der Waals surface area contributed by atoms with Crippen molar-refractivity contribution in [2.45, 2.75) is 0 Å². The smallest absolute Gasteiger partial charge is 0.339 e. The highest BCUT2D eigenvalue weighted by atomic mass is 32.1. The molecule has 3 heterocycles. The van der Waals surface area contributed by atoms with E-state index < -0.39 is 23.3 Å². The van der Waals surface area contributed by atoms with Crippen LogP contribution in [0.3, 0.4) is 0 Å². The number of hydrogen-bond donors (Lipinski definition) is 5. The first-order valence-electron chi connectivity index (χ1n) is 11.0. The Hall–Kier alpha value is -4.42. The second-order valence-corrected chi connectivity index (χ2v) is 8.79. The molecule has 2 aromatic carbocycles. The van der Waals surface area contributed by atoms with Crippen molar-refractivity contribution < 1.29 is 24.9 Å². The average Bonchev–Trinajstić information content (AvgIpc) is 3.38. The van der Waals surface area contributed by atoms with Crippen LogP contribution in [0.1, 0.15) is 5.56 Å². The Morgan fingerprint density at radius 3 is 2.58 bits per heavy atom. The number of urea groups is 1. The molecule has 0 aliphatic carbocycles. The Morgan fingerprint density at radius 1 is 1.03 bits per heavy atom. The predicted octanol–water partition coefficient (Wildman–Crippen LogP) is 3.47. The maximum atomic E-state index is 12.2. The van der Waals surface area contributed by atoms with Crippen molar-refractivity contribution >= 4 is 45.3 Å². The van der Waals surface area contributed by atoms with Crippen LogP contribution in [0, 0.1) is 0 Å². The van der Waals surface area contributed by atoms with E-state index in [1.165, 1.54) is 12.1 Å². The van der Waals surface area contributed by atoms with Gasteiger partial charge in [-0.1, -0.05) is 0 Å². The minimum atomic E-state index is -0.664. The fourth-order valence-electron chi connectivity index (χ4n) is 3.68. The topological polar surface area (TPSA) is 152 Å². The van der Waals surface area contributed by atoms with Gasteiger partial charge >= 0.3 is 6.03 Å². The van der Waals surface area contributed by atoms with E-state index in [9.17, 15) is 20.1 Å². The number of carbonyl (C=O) groups is 1. The molecule has 0 saturated carbocycles. The van der Waals surface area contributed by atoms with Crippen molar-refractivity contribution in [1.29, 1.82) is 0 Å². The maximum Gasteiger partial charge on any atom is 0.339 e. The molecule has 0 radical (unpaired) electrons. The van der Waals surface area contributed by atoms with Gasteiger partial charge in [-0.3, -0.25) is 0 Å². The van der Waals surface area contributed by atoms with E-state index >= 15 is 0 Å². The third kappa shape index (κ3) is 4.85. The van der Waals surface area contributed by atoms with Crippen LogP contribution in [0.15, 0.2) is 52.9 Å². The van der Waals surface area contributed by atoms with Gasteiger partial charge in [-0.25, -0.2) is 20.2 Å². The first-order valence-corrected chi connectivity index (χ1v) is 11.9. The highest BCUT2D eigenvalue weighted by Crippen LogP contribution is 2.36. The van der Waals surface area contributed by atoms with Crippen LogP contribution in [-0.4, -0.2) is 63.8 Å². The van der Waals surface area contributed by atoms with Crippen LogP contribution in [0.4, 0.5) is 16.3 Å². The average molecular weight is 507 g/mol. The third-order valence-corrected chi connectivity index (χ3v) is 6.43. The zero-order chi connectivity index (χ0) is 25.1. The molecular formula is C24H22N6O5S. The van der Waals surface area contributed by atoms with Crippen molar-refractivity contribution in [3.63, 3.8) is 0 Å². The number of amides is 2. The second-order valence-electron chi connectivity index (χ2n) is 7.88. The molecule has 184 valence electrons. The van der Waals surface area contributed by atoms with Gasteiger partial charge < -0.3 is 30.3 Å². The molecule has 0 spiro atoms. The monoisotopic (exact) mass is 506 g/mol. The summed E-state index contributed by atoms with van der Waals surface area (Å²) in [5.74, 6) is -0.170. The van der Waals surface area contributed by atoms with Crippen LogP contribution in [0.25, 0.3) is 21.6 Å². The van der Waals surface area contributed by atoms with Gasteiger partial charge in [0.25, 0.3) is 0 Å². The summed E-state index contributed by atoms with van der Waals surface area (Å²) >= 11 is 1.62. The summed E-state index contributed by atoms with van der Waals surface area (Å²) in [6.07, 6.45) is 1.14. The first-order chi connectivity index (χ1) is 17.5. The van der Waals surface area contributed by atoms with Crippen LogP contribution < -0.4 is 15.6 Å². The summed E-state index contributed by atoms with van der Waals surface area (Å²) in [5, 5.41) is 37.1. The number of carbonyl (C=O) groups excluding carboxylic acids is 1. The summed E-state index contributed by atoms with van der Waals surface area (Å²) in [4.78, 5) is 23.9. The molecule has 11 nitrogen and oxygen atoms in total. The summed E-state index contributed by atoms with van der Waals surface area (Å²) in [6.45, 7) is 2.88. The van der Waals surface area contributed by atoms with Gasteiger partial charge in [0.1, 0.15) is 0 Å². The molecule has 4 aromatic rings. The number of benzene rings is 2. The fraction of sp³-hybridized carbons (Fsp3) is 0.167. The van der Waals surface area contributed by atoms with Gasteiger partial charge in [0, 0.05) is 29.9 Å². The van der Waals surface area contributed by atoms with E-state index in [1.807, 2.05) is 23.6 Å². The molecule has 1 aliphatic heterocycles. The van der Waals surface area contributed by atoms with E-state index in [4.69, 9.17) is 14.7 Å². The number of aromatic nitrogens is 2. The molecule has 0 bridgehead atoms. The van der Waals surface area contributed by atoms with Crippen LogP contribution in [-0.2, 0) is 4.74 Å². The molecule has 12 heteroatoms. The lowest BCUT2D eigenvalue weighted by Crippen LogP contribution is -2.36. The first kappa shape index (κ1) is 23.3. The molecule has 5 rings (SSSR count). The number of aromatic hydroxyl groups is 3. The molecule has 0 atom stereocenters. The lowest BCUT2D eigenvalue weighted by Gasteiger charge is -2.28. The largest absolute Gasteiger partial charge is 0.504 e. The lowest BCUT2D eigenvalue weighted by atomic mass is 10.2. The van der Waals surface area contributed by atoms with Crippen molar-refractivity contribution in [1.82, 2.24) is 15.4 Å². The molecule has 1 aliphatic rings. The number of ether oxygens (including phenoxy) is 1. The van der Waals surface area contributed by atoms with Crippen molar-refractivity contribution in [3.8, 4) is 28.6 Å². The number of rotatable bonds is 5. The molecule has 2 aromatic heterocycles. The van der Waals surface area contributed by atoms with E-state index in [-0.39, 0.29) is 5.56 Å². The van der Waals surface area contributed by atoms with Crippen molar-refractivity contribution in [2.75, 3.05) is 36.5 Å². The summed E-state index contributed by atoms with van der Waals surface area (Å²) < 4.78 is 6.52. The SMILES string of the molecule is O=C(N/N=C/c1ccc(O)c(O)c1O)Nc1ccc(-c2nc(N3CCOCC3)c3sccc3n2)cc1. The summed E-state index contributed by atoms with van der Waals surface area (Å²) in [5.41, 5.74) is 4.62. The van der Waals surface area contributed by atoms with Crippen LogP contribution >= 0.6 is 11.3 Å². The molecule has 1 fully saturated rings. The number of hydrogen-bond acceptors (Lipinski definition) is 10. The van der Waals surface area contributed by atoms with Crippen molar-refractivity contribution in [2.24, 2.45) is 5.10 Å². The van der Waals surface area contributed by atoms with E-state index in [0.29, 0.717) is 24.7 Å². The minimum Gasteiger partial charge on any atom is -0.504 e. The number of nitrogens with zero attached hydrogens (tertiary/aromatic N) is 4. The molecule has 2 amide bonds. The van der Waals surface area contributed by atoms with E-state index in [2.05, 4.69) is 20.7 Å². The Morgan fingerprint density at radius 2 is 1.81 bits per heavy atom. The quantitative estimate of drug-likeness (QED) is 0.157. The summed E-state index contributed by atoms with van der Waals surface area (Å²) in [7, 11) is 0. The standard InChI is InChI=1S/C24H22N6O5S/c31-18-6-3-15(19(32)20(18)33)13-25-29-24(34)26-16-4-1-14(2-5-16)22-27-17-7-12-36-21(17)23(28-22)30-8-10-35-11-9-30/h1-7,12-13,31-33H,8-11H2,(H2,26,29,34)/b25-13+. The Balaban J connectivity index is 1.27. The third-order valence-electron chi connectivity index (χ3n) is 5.53. The Kier molecular flexibility index (Phi) is 6.52. The number of hydrazone groups is 1. The number of phenolic OH excluding ortho intramolecular Hbond substituents is 3. The van der Waals surface area contributed by atoms with Gasteiger partial charge in [-0.15, -0.1) is 11.3 Å². The number of fused-ring (bicyclic) bond motifs is 1. The van der Waals surface area contributed by atoms with Gasteiger partial charge in [0.15, 0.2) is 23.1 Å².